The molecular weight excluding hydrogens is 265 g/mol. The number of benzene rings is 1. The zero-order chi connectivity index (χ0) is 15.4. The lowest BCUT2D eigenvalue weighted by Crippen LogP contribution is -2.21. The van der Waals surface area contributed by atoms with Gasteiger partial charge in [0.1, 0.15) is 11.6 Å². The molecule has 1 unspecified atom stereocenters. The van der Waals surface area contributed by atoms with Gasteiger partial charge in [-0.25, -0.2) is 9.37 Å². The number of nitrogens with two attached hydrogens (primary N) is 1. The van der Waals surface area contributed by atoms with E-state index >= 15 is 0 Å². The van der Waals surface area contributed by atoms with Gasteiger partial charge >= 0.3 is 0 Å². The van der Waals surface area contributed by atoms with Gasteiger partial charge < -0.3 is 10.3 Å². The monoisotopic (exact) mass is 291 g/mol. The van der Waals surface area contributed by atoms with E-state index in [9.17, 15) is 4.39 Å². The van der Waals surface area contributed by atoms with Crippen molar-refractivity contribution in [3.8, 4) is 0 Å². The molecule has 0 radical (unpaired) electrons. The maximum atomic E-state index is 13.5. The normalized spacial score (nSPS) is 13.2. The number of rotatable bonds is 7. The Morgan fingerprint density at radius 3 is 2.71 bits per heavy atom. The van der Waals surface area contributed by atoms with Crippen molar-refractivity contribution in [3.05, 3.63) is 29.8 Å². The van der Waals surface area contributed by atoms with Crippen molar-refractivity contribution in [1.29, 1.82) is 0 Å². The SMILES string of the molecule is CCCn1c(CC(CN)CC(C)C)nc2ccc(F)cc21. The fourth-order valence-corrected chi connectivity index (χ4v) is 2.96. The summed E-state index contributed by atoms with van der Waals surface area (Å²) < 4.78 is 15.7. The van der Waals surface area contributed by atoms with Crippen LogP contribution in [0.2, 0.25) is 0 Å². The van der Waals surface area contributed by atoms with Crippen LogP contribution in [0, 0.1) is 17.7 Å². The molecular formula is C17H26FN3. The second-order valence-electron chi connectivity index (χ2n) is 6.25. The van der Waals surface area contributed by atoms with Gasteiger partial charge in [-0.2, -0.15) is 0 Å². The van der Waals surface area contributed by atoms with Gasteiger partial charge in [-0.3, -0.25) is 0 Å². The summed E-state index contributed by atoms with van der Waals surface area (Å²) in [6.07, 6.45) is 2.97. The van der Waals surface area contributed by atoms with E-state index in [-0.39, 0.29) is 5.82 Å². The second kappa shape index (κ2) is 7.03. The molecule has 2 N–H and O–H groups in total. The number of fused-ring (bicyclic) bond motifs is 1. The topological polar surface area (TPSA) is 43.8 Å². The highest BCUT2D eigenvalue weighted by Crippen LogP contribution is 2.22. The van der Waals surface area contributed by atoms with Gasteiger partial charge in [-0.05, 0) is 49.4 Å². The van der Waals surface area contributed by atoms with E-state index in [4.69, 9.17) is 10.7 Å². The zero-order valence-electron chi connectivity index (χ0n) is 13.3. The van der Waals surface area contributed by atoms with E-state index in [1.54, 1.807) is 12.1 Å². The summed E-state index contributed by atoms with van der Waals surface area (Å²) in [6.45, 7) is 8.10. The summed E-state index contributed by atoms with van der Waals surface area (Å²) in [6, 6.07) is 4.82. The third kappa shape index (κ3) is 3.82. The molecule has 3 nitrogen and oxygen atoms in total. The molecule has 2 rings (SSSR count). The molecule has 0 aliphatic heterocycles. The summed E-state index contributed by atoms with van der Waals surface area (Å²) in [5.74, 6) is 1.89. The van der Waals surface area contributed by atoms with Gasteiger partial charge in [0.15, 0.2) is 0 Å². The van der Waals surface area contributed by atoms with Gasteiger partial charge in [0.25, 0.3) is 0 Å². The lowest BCUT2D eigenvalue weighted by molar-refractivity contribution is 0.403. The van der Waals surface area contributed by atoms with Crippen molar-refractivity contribution >= 4 is 11.0 Å². The predicted molar refractivity (Wildman–Crippen MR) is 85.7 cm³/mol. The van der Waals surface area contributed by atoms with Gasteiger partial charge in [0.05, 0.1) is 11.0 Å². The lowest BCUT2D eigenvalue weighted by atomic mass is 9.94. The van der Waals surface area contributed by atoms with E-state index in [0.29, 0.717) is 18.4 Å². The minimum atomic E-state index is -0.205. The van der Waals surface area contributed by atoms with E-state index in [1.807, 2.05) is 0 Å². The molecule has 0 saturated carbocycles. The Morgan fingerprint density at radius 2 is 2.10 bits per heavy atom. The van der Waals surface area contributed by atoms with Gasteiger partial charge in [0, 0.05) is 13.0 Å². The Balaban J connectivity index is 2.35. The van der Waals surface area contributed by atoms with Crippen LogP contribution in [0.1, 0.15) is 39.4 Å². The van der Waals surface area contributed by atoms with E-state index in [0.717, 1.165) is 42.7 Å². The van der Waals surface area contributed by atoms with Crippen molar-refractivity contribution in [2.45, 2.75) is 46.6 Å². The average Bonchev–Trinajstić information content (AvgIpc) is 2.75. The number of halogens is 1. The van der Waals surface area contributed by atoms with Crippen LogP contribution >= 0.6 is 0 Å². The van der Waals surface area contributed by atoms with E-state index in [2.05, 4.69) is 25.3 Å². The predicted octanol–water partition coefficient (Wildman–Crippen LogP) is 3.75. The number of nitrogens with zero attached hydrogens (tertiary/aromatic N) is 2. The summed E-state index contributed by atoms with van der Waals surface area (Å²) in [5.41, 5.74) is 7.68. The molecule has 1 heterocycles. The third-order valence-electron chi connectivity index (χ3n) is 3.85. The number of hydrogen-bond donors (Lipinski definition) is 1. The quantitative estimate of drug-likeness (QED) is 0.844. The van der Waals surface area contributed by atoms with Gasteiger partial charge in [0.2, 0.25) is 0 Å². The summed E-state index contributed by atoms with van der Waals surface area (Å²) in [4.78, 5) is 4.71. The fraction of sp³-hybridized carbons (Fsp3) is 0.588. The van der Waals surface area contributed by atoms with Gasteiger partial charge in [-0.1, -0.05) is 20.8 Å². The Morgan fingerprint density at radius 1 is 1.33 bits per heavy atom. The Labute approximate surface area is 126 Å². The first-order valence-electron chi connectivity index (χ1n) is 7.89. The summed E-state index contributed by atoms with van der Waals surface area (Å²) in [5, 5.41) is 0. The molecule has 21 heavy (non-hydrogen) atoms. The van der Waals surface area contributed by atoms with E-state index < -0.39 is 0 Å². The Kier molecular flexibility index (Phi) is 5.34. The molecule has 116 valence electrons. The molecule has 1 aromatic heterocycles. The molecule has 2 aromatic rings. The van der Waals surface area contributed by atoms with Crippen molar-refractivity contribution in [2.75, 3.05) is 6.54 Å². The largest absolute Gasteiger partial charge is 0.330 e. The molecule has 4 heteroatoms. The van der Waals surface area contributed by atoms with Crippen molar-refractivity contribution in [3.63, 3.8) is 0 Å². The van der Waals surface area contributed by atoms with Crippen LogP contribution in [0.4, 0.5) is 4.39 Å². The molecule has 0 aliphatic rings. The molecule has 0 bridgehead atoms. The zero-order valence-corrected chi connectivity index (χ0v) is 13.3. The maximum absolute atomic E-state index is 13.5. The van der Waals surface area contributed by atoms with Crippen LogP contribution in [-0.4, -0.2) is 16.1 Å². The molecule has 0 fully saturated rings. The third-order valence-corrected chi connectivity index (χ3v) is 3.85. The highest BCUT2D eigenvalue weighted by molar-refractivity contribution is 5.76. The first kappa shape index (κ1) is 16.0. The minimum Gasteiger partial charge on any atom is -0.330 e. The first-order valence-corrected chi connectivity index (χ1v) is 7.89. The number of aryl methyl sites for hydroxylation is 1. The second-order valence-corrected chi connectivity index (χ2v) is 6.25. The van der Waals surface area contributed by atoms with Gasteiger partial charge in [-0.15, -0.1) is 0 Å². The smallest absolute Gasteiger partial charge is 0.125 e. The van der Waals surface area contributed by atoms with Crippen LogP contribution in [0.15, 0.2) is 18.2 Å². The van der Waals surface area contributed by atoms with Crippen LogP contribution in [0.25, 0.3) is 11.0 Å². The fourth-order valence-electron chi connectivity index (χ4n) is 2.96. The summed E-state index contributed by atoms with van der Waals surface area (Å²) >= 11 is 0. The van der Waals surface area contributed by atoms with Crippen LogP contribution in [0.3, 0.4) is 0 Å². The maximum Gasteiger partial charge on any atom is 0.125 e. The van der Waals surface area contributed by atoms with Crippen LogP contribution in [0.5, 0.6) is 0 Å². The molecule has 0 amide bonds. The Hall–Kier alpha value is -1.42. The van der Waals surface area contributed by atoms with Crippen molar-refractivity contribution in [1.82, 2.24) is 9.55 Å². The molecule has 1 atom stereocenters. The average molecular weight is 291 g/mol. The van der Waals surface area contributed by atoms with E-state index in [1.165, 1.54) is 6.07 Å². The first-order chi connectivity index (χ1) is 10.0. The minimum absolute atomic E-state index is 0.205. The number of hydrogen-bond acceptors (Lipinski definition) is 2. The highest BCUT2D eigenvalue weighted by atomic mass is 19.1. The highest BCUT2D eigenvalue weighted by Gasteiger charge is 2.16. The molecule has 0 saturated heterocycles. The molecule has 1 aromatic carbocycles. The summed E-state index contributed by atoms with van der Waals surface area (Å²) in [7, 11) is 0. The van der Waals surface area contributed by atoms with Crippen molar-refractivity contribution < 1.29 is 4.39 Å². The Bertz CT molecular complexity index is 589. The number of aromatic nitrogens is 2. The molecule has 0 spiro atoms. The lowest BCUT2D eigenvalue weighted by Gasteiger charge is -2.17. The standard InChI is InChI=1S/C17H26FN3/c1-4-7-21-16-10-14(18)5-6-15(16)20-17(21)9-13(11-19)8-12(2)3/h5-6,10,12-13H,4,7-9,11,19H2,1-3H3. The van der Waals surface area contributed by atoms with Crippen LogP contribution < -0.4 is 5.73 Å². The number of imidazole rings is 1. The van der Waals surface area contributed by atoms with Crippen molar-refractivity contribution in [2.24, 2.45) is 17.6 Å². The molecule has 0 aliphatic carbocycles. The van der Waals surface area contributed by atoms with Crippen LogP contribution in [-0.2, 0) is 13.0 Å².